The standard InChI is InChI=1S/C20H23FN4O2/c1-27-20(26)16-12-22-25-18(16)24-17(13-8-10-14(21)11-9-13)19(25)23-15-6-4-2-3-5-7-15/h8-12,15,22-23H,2-7H2,1H3. The van der Waals surface area contributed by atoms with Gasteiger partial charge in [-0.3, -0.25) is 5.10 Å². The molecule has 0 spiro atoms. The molecule has 0 aliphatic heterocycles. The highest BCUT2D eigenvalue weighted by Gasteiger charge is 2.23. The maximum Gasteiger partial charge on any atom is 0.343 e. The number of carbonyl (C=O) groups excluding carboxylic acids is 1. The number of H-pyrrole nitrogens is 1. The van der Waals surface area contributed by atoms with E-state index < -0.39 is 5.97 Å². The van der Waals surface area contributed by atoms with Gasteiger partial charge in [0.1, 0.15) is 17.1 Å². The van der Waals surface area contributed by atoms with Crippen LogP contribution >= 0.6 is 0 Å². The van der Waals surface area contributed by atoms with Crippen LogP contribution in [0.25, 0.3) is 16.9 Å². The van der Waals surface area contributed by atoms with Crippen molar-refractivity contribution in [2.75, 3.05) is 12.4 Å². The Hall–Kier alpha value is -2.83. The van der Waals surface area contributed by atoms with Crippen molar-refractivity contribution < 1.29 is 13.9 Å². The van der Waals surface area contributed by atoms with E-state index in [4.69, 9.17) is 4.74 Å². The number of anilines is 1. The molecular formula is C20H23FN4O2. The number of nitrogens with one attached hydrogen (secondary N) is 2. The Balaban J connectivity index is 1.80. The number of carbonyl (C=O) groups is 1. The summed E-state index contributed by atoms with van der Waals surface area (Å²) in [5.74, 6) is 0.0497. The van der Waals surface area contributed by atoms with Gasteiger partial charge in [-0.2, -0.15) is 0 Å². The monoisotopic (exact) mass is 370 g/mol. The second-order valence-electron chi connectivity index (χ2n) is 6.99. The highest BCUT2D eigenvalue weighted by atomic mass is 19.1. The Morgan fingerprint density at radius 1 is 1.22 bits per heavy atom. The summed E-state index contributed by atoms with van der Waals surface area (Å²) in [6.07, 6.45) is 8.72. The number of halogens is 1. The van der Waals surface area contributed by atoms with Crippen molar-refractivity contribution in [3.8, 4) is 11.3 Å². The first-order valence-electron chi connectivity index (χ1n) is 9.38. The molecular weight excluding hydrogens is 347 g/mol. The van der Waals surface area contributed by atoms with Gasteiger partial charge < -0.3 is 10.1 Å². The largest absolute Gasteiger partial charge is 0.465 e. The summed E-state index contributed by atoms with van der Waals surface area (Å²) < 4.78 is 20.0. The average molecular weight is 370 g/mol. The summed E-state index contributed by atoms with van der Waals surface area (Å²) in [7, 11) is 1.35. The number of fused-ring (bicyclic) bond motifs is 1. The first kappa shape index (κ1) is 17.6. The van der Waals surface area contributed by atoms with Gasteiger partial charge in [-0.25, -0.2) is 18.7 Å². The minimum atomic E-state index is -0.446. The topological polar surface area (TPSA) is 71.4 Å². The van der Waals surface area contributed by atoms with Crippen LogP contribution < -0.4 is 5.32 Å². The number of benzene rings is 1. The molecule has 1 saturated carbocycles. The van der Waals surface area contributed by atoms with Crippen molar-refractivity contribution in [2.24, 2.45) is 0 Å². The van der Waals surface area contributed by atoms with Crippen molar-refractivity contribution in [1.29, 1.82) is 0 Å². The second kappa shape index (κ2) is 7.42. The number of rotatable bonds is 4. The number of ether oxygens (including phenoxy) is 1. The van der Waals surface area contributed by atoms with Crippen LogP contribution in [0, 0.1) is 5.82 Å². The number of esters is 1. The van der Waals surface area contributed by atoms with Crippen molar-refractivity contribution in [1.82, 2.24) is 14.6 Å². The van der Waals surface area contributed by atoms with Gasteiger partial charge in [-0.15, -0.1) is 0 Å². The van der Waals surface area contributed by atoms with Gasteiger partial charge in [-0.1, -0.05) is 25.7 Å². The fraction of sp³-hybridized carbons (Fsp3) is 0.400. The zero-order valence-electron chi connectivity index (χ0n) is 15.3. The highest BCUT2D eigenvalue weighted by Crippen LogP contribution is 2.32. The van der Waals surface area contributed by atoms with E-state index in [2.05, 4.69) is 15.4 Å². The van der Waals surface area contributed by atoms with Crippen LogP contribution in [0.5, 0.6) is 0 Å². The minimum absolute atomic E-state index is 0.294. The molecule has 3 aromatic rings. The van der Waals surface area contributed by atoms with E-state index >= 15 is 0 Å². The third kappa shape index (κ3) is 3.41. The predicted octanol–water partition coefficient (Wildman–Crippen LogP) is 4.39. The summed E-state index contributed by atoms with van der Waals surface area (Å²) in [6.45, 7) is 0. The van der Waals surface area contributed by atoms with Crippen LogP contribution in [0.1, 0.15) is 48.9 Å². The molecule has 27 heavy (non-hydrogen) atoms. The van der Waals surface area contributed by atoms with Crippen LogP contribution in [-0.2, 0) is 4.74 Å². The van der Waals surface area contributed by atoms with Gasteiger partial charge in [-0.05, 0) is 37.1 Å². The molecule has 0 atom stereocenters. The van der Waals surface area contributed by atoms with Crippen molar-refractivity contribution >= 4 is 17.4 Å². The summed E-state index contributed by atoms with van der Waals surface area (Å²) in [5.41, 5.74) is 2.35. The summed E-state index contributed by atoms with van der Waals surface area (Å²) in [4.78, 5) is 16.7. The quantitative estimate of drug-likeness (QED) is 0.528. The molecule has 0 amide bonds. The minimum Gasteiger partial charge on any atom is -0.465 e. The summed E-state index contributed by atoms with van der Waals surface area (Å²) in [5, 5.41) is 6.71. The van der Waals surface area contributed by atoms with Gasteiger partial charge in [0.15, 0.2) is 11.5 Å². The maximum atomic E-state index is 13.4. The predicted molar refractivity (Wildman–Crippen MR) is 101 cm³/mol. The van der Waals surface area contributed by atoms with Crippen LogP contribution in [0.3, 0.4) is 0 Å². The molecule has 1 aromatic carbocycles. The number of hydrogen-bond acceptors (Lipinski definition) is 4. The first-order chi connectivity index (χ1) is 13.2. The second-order valence-corrected chi connectivity index (χ2v) is 6.99. The van der Waals surface area contributed by atoms with E-state index in [1.54, 1.807) is 22.8 Å². The number of aromatic nitrogens is 3. The smallest absolute Gasteiger partial charge is 0.343 e. The zero-order chi connectivity index (χ0) is 18.8. The Labute approximate surface area is 156 Å². The fourth-order valence-electron chi connectivity index (χ4n) is 3.74. The molecule has 0 unspecified atom stereocenters. The van der Waals surface area contributed by atoms with Gasteiger partial charge in [0.25, 0.3) is 0 Å². The lowest BCUT2D eigenvalue weighted by Crippen LogP contribution is -2.20. The van der Waals surface area contributed by atoms with Crippen molar-refractivity contribution in [2.45, 2.75) is 44.6 Å². The fourth-order valence-corrected chi connectivity index (χ4v) is 3.74. The Morgan fingerprint density at radius 2 is 1.93 bits per heavy atom. The van der Waals surface area contributed by atoms with Crippen molar-refractivity contribution in [3.05, 3.63) is 41.8 Å². The van der Waals surface area contributed by atoms with Gasteiger partial charge >= 0.3 is 5.97 Å². The Bertz CT molecular complexity index is 937. The van der Waals surface area contributed by atoms with E-state index in [0.717, 1.165) is 24.2 Å². The molecule has 2 N–H and O–H groups in total. The van der Waals surface area contributed by atoms with E-state index in [1.165, 1.54) is 44.9 Å². The molecule has 1 aliphatic carbocycles. The Kier molecular flexibility index (Phi) is 4.83. The van der Waals surface area contributed by atoms with E-state index in [1.807, 2.05) is 0 Å². The number of aromatic amines is 1. The SMILES string of the molecule is COC(=O)c1c[nH]n2c(NC3CCCCCC3)c(-c3ccc(F)cc3)nc12. The number of methoxy groups -OCH3 is 1. The van der Waals surface area contributed by atoms with Crippen molar-refractivity contribution in [3.63, 3.8) is 0 Å². The molecule has 142 valence electrons. The van der Waals surface area contributed by atoms with E-state index in [-0.39, 0.29) is 5.82 Å². The molecule has 0 saturated heterocycles. The maximum absolute atomic E-state index is 13.4. The van der Waals surface area contributed by atoms with Gasteiger partial charge in [0.2, 0.25) is 0 Å². The molecule has 1 aliphatic rings. The first-order valence-corrected chi connectivity index (χ1v) is 9.38. The lowest BCUT2D eigenvalue weighted by atomic mass is 10.1. The lowest BCUT2D eigenvalue weighted by Gasteiger charge is -2.18. The summed E-state index contributed by atoms with van der Waals surface area (Å²) in [6, 6.07) is 6.58. The molecule has 1 fully saturated rings. The normalized spacial score (nSPS) is 15.6. The molecule has 4 rings (SSSR count). The Morgan fingerprint density at radius 3 is 2.59 bits per heavy atom. The number of imidazole rings is 1. The number of hydrogen-bond donors (Lipinski definition) is 2. The molecule has 0 bridgehead atoms. The van der Waals surface area contributed by atoms with Crippen LogP contribution in [-0.4, -0.2) is 33.7 Å². The third-order valence-corrected chi connectivity index (χ3v) is 5.18. The van der Waals surface area contributed by atoms with Crippen LogP contribution in [0.2, 0.25) is 0 Å². The lowest BCUT2D eigenvalue weighted by molar-refractivity contribution is 0.0602. The molecule has 6 nitrogen and oxygen atoms in total. The molecule has 2 heterocycles. The van der Waals surface area contributed by atoms with E-state index in [0.29, 0.717) is 22.9 Å². The molecule has 7 heteroatoms. The summed E-state index contributed by atoms with van der Waals surface area (Å²) >= 11 is 0. The van der Waals surface area contributed by atoms with E-state index in [9.17, 15) is 9.18 Å². The zero-order valence-corrected chi connectivity index (χ0v) is 15.3. The van der Waals surface area contributed by atoms with Gasteiger partial charge in [0.05, 0.1) is 7.11 Å². The molecule has 2 aromatic heterocycles. The van der Waals surface area contributed by atoms with Crippen LogP contribution in [0.15, 0.2) is 30.5 Å². The van der Waals surface area contributed by atoms with Gasteiger partial charge in [0, 0.05) is 17.8 Å². The highest BCUT2D eigenvalue weighted by molar-refractivity contribution is 5.97. The van der Waals surface area contributed by atoms with Crippen LogP contribution in [0.4, 0.5) is 10.2 Å². The third-order valence-electron chi connectivity index (χ3n) is 5.18. The average Bonchev–Trinajstić information content (AvgIpc) is 3.13. The molecule has 0 radical (unpaired) electrons. The number of nitrogens with zero attached hydrogens (tertiary/aromatic N) is 2.